The van der Waals surface area contributed by atoms with E-state index in [0.717, 1.165) is 24.9 Å². The van der Waals surface area contributed by atoms with Crippen LogP contribution in [0.3, 0.4) is 0 Å². The second-order valence-electron chi connectivity index (χ2n) is 5.66. The number of carbonyl (C=O) groups is 1. The Balaban J connectivity index is 1.91. The molecule has 19 heavy (non-hydrogen) atoms. The van der Waals surface area contributed by atoms with Gasteiger partial charge in [0.1, 0.15) is 0 Å². The first kappa shape index (κ1) is 12.5. The summed E-state index contributed by atoms with van der Waals surface area (Å²) in [6.45, 7) is 1.12. The van der Waals surface area contributed by atoms with Gasteiger partial charge >= 0.3 is 0 Å². The van der Waals surface area contributed by atoms with Crippen LogP contribution in [0.2, 0.25) is 0 Å². The third-order valence-electron chi connectivity index (χ3n) is 4.26. The van der Waals surface area contributed by atoms with Gasteiger partial charge in [0.2, 0.25) is 5.91 Å². The number of carbonyl (C=O) groups excluding carboxylic acids is 1. The molecule has 2 heterocycles. The van der Waals surface area contributed by atoms with Gasteiger partial charge in [-0.3, -0.25) is 4.79 Å². The zero-order chi connectivity index (χ0) is 13.4. The van der Waals surface area contributed by atoms with Crippen molar-refractivity contribution in [2.75, 3.05) is 18.5 Å². The van der Waals surface area contributed by atoms with E-state index in [2.05, 4.69) is 35.5 Å². The number of hydrogen-bond donors (Lipinski definition) is 2. The molecule has 1 amide bonds. The van der Waals surface area contributed by atoms with Crippen molar-refractivity contribution in [3.05, 3.63) is 29.3 Å². The molecule has 2 unspecified atom stereocenters. The number of amides is 1. The zero-order valence-electron chi connectivity index (χ0n) is 11.4. The van der Waals surface area contributed by atoms with Crippen LogP contribution in [0.1, 0.15) is 36.4 Å². The number of aryl methyl sites for hydroxylation is 1. The largest absolute Gasteiger partial charge is 0.374 e. The molecule has 0 radical (unpaired) electrons. The van der Waals surface area contributed by atoms with Gasteiger partial charge in [0, 0.05) is 31.7 Å². The molecule has 1 saturated heterocycles. The number of anilines is 1. The number of nitrogens with two attached hydrogens (primary N) is 1. The van der Waals surface area contributed by atoms with E-state index in [4.69, 9.17) is 5.73 Å². The topological polar surface area (TPSA) is 58.4 Å². The van der Waals surface area contributed by atoms with E-state index < -0.39 is 0 Å². The van der Waals surface area contributed by atoms with Crippen molar-refractivity contribution < 1.29 is 4.79 Å². The fourth-order valence-electron chi connectivity index (χ4n) is 3.15. The van der Waals surface area contributed by atoms with Crippen LogP contribution in [-0.2, 0) is 11.2 Å². The predicted octanol–water partition coefficient (Wildman–Crippen LogP) is 1.35. The van der Waals surface area contributed by atoms with Crippen LogP contribution < -0.4 is 16.0 Å². The van der Waals surface area contributed by atoms with Crippen molar-refractivity contribution in [3.63, 3.8) is 0 Å². The van der Waals surface area contributed by atoms with Gasteiger partial charge in [-0.05, 0) is 36.5 Å². The van der Waals surface area contributed by atoms with Crippen LogP contribution >= 0.6 is 0 Å². The fraction of sp³-hybridized carbons (Fsp3) is 0.533. The molecule has 2 aliphatic rings. The SMILES string of the molecule is CN1CCCc2cc(C3NC(=O)CCC3N)ccc21. The first-order valence-corrected chi connectivity index (χ1v) is 7.04. The summed E-state index contributed by atoms with van der Waals surface area (Å²) in [6, 6.07) is 6.49. The van der Waals surface area contributed by atoms with E-state index in [1.807, 2.05) is 0 Å². The molecule has 4 nitrogen and oxygen atoms in total. The van der Waals surface area contributed by atoms with Crippen LogP contribution in [0.5, 0.6) is 0 Å². The van der Waals surface area contributed by atoms with Gasteiger partial charge in [-0.2, -0.15) is 0 Å². The van der Waals surface area contributed by atoms with Crippen molar-refractivity contribution in [1.82, 2.24) is 5.32 Å². The van der Waals surface area contributed by atoms with Crippen molar-refractivity contribution in [1.29, 1.82) is 0 Å². The molecule has 2 atom stereocenters. The number of piperidine rings is 1. The molecule has 1 aromatic rings. The lowest BCUT2D eigenvalue weighted by molar-refractivity contribution is -0.123. The summed E-state index contributed by atoms with van der Waals surface area (Å²) in [6.07, 6.45) is 3.62. The van der Waals surface area contributed by atoms with E-state index in [9.17, 15) is 4.79 Å². The standard InChI is InChI=1S/C15H21N3O/c1-18-8-2-3-10-9-11(4-6-13(10)18)15-12(16)5-7-14(19)17-15/h4,6,9,12,15H,2-3,5,7-8,16H2,1H3,(H,17,19). The predicted molar refractivity (Wildman–Crippen MR) is 76.1 cm³/mol. The molecule has 3 rings (SSSR count). The Hall–Kier alpha value is -1.55. The number of fused-ring (bicyclic) bond motifs is 1. The molecule has 2 aliphatic heterocycles. The monoisotopic (exact) mass is 259 g/mol. The highest BCUT2D eigenvalue weighted by atomic mass is 16.1. The van der Waals surface area contributed by atoms with E-state index >= 15 is 0 Å². The van der Waals surface area contributed by atoms with Crippen LogP contribution in [0.15, 0.2) is 18.2 Å². The number of rotatable bonds is 1. The maximum absolute atomic E-state index is 11.6. The van der Waals surface area contributed by atoms with E-state index in [1.165, 1.54) is 17.7 Å². The van der Waals surface area contributed by atoms with E-state index in [0.29, 0.717) is 6.42 Å². The Morgan fingerprint density at radius 2 is 2.21 bits per heavy atom. The summed E-state index contributed by atoms with van der Waals surface area (Å²) >= 11 is 0. The summed E-state index contributed by atoms with van der Waals surface area (Å²) in [5.41, 5.74) is 9.98. The minimum Gasteiger partial charge on any atom is -0.374 e. The van der Waals surface area contributed by atoms with Gasteiger partial charge in [-0.15, -0.1) is 0 Å². The Bertz CT molecular complexity index is 500. The molecule has 0 bridgehead atoms. The lowest BCUT2D eigenvalue weighted by Crippen LogP contribution is -2.45. The van der Waals surface area contributed by atoms with Crippen molar-refractivity contribution in [2.24, 2.45) is 5.73 Å². The molecular formula is C15H21N3O. The van der Waals surface area contributed by atoms with Gasteiger partial charge in [0.15, 0.2) is 0 Å². The summed E-state index contributed by atoms with van der Waals surface area (Å²) in [5.74, 6) is 0.113. The summed E-state index contributed by atoms with van der Waals surface area (Å²) < 4.78 is 0. The average Bonchev–Trinajstić information content (AvgIpc) is 2.41. The first-order valence-electron chi connectivity index (χ1n) is 7.04. The highest BCUT2D eigenvalue weighted by molar-refractivity contribution is 5.77. The normalized spacial score (nSPS) is 26.8. The second kappa shape index (κ2) is 4.85. The van der Waals surface area contributed by atoms with Crippen LogP contribution in [-0.4, -0.2) is 25.5 Å². The summed E-state index contributed by atoms with van der Waals surface area (Å²) in [4.78, 5) is 13.9. The Morgan fingerprint density at radius 3 is 3.05 bits per heavy atom. The van der Waals surface area contributed by atoms with Gasteiger partial charge in [-0.25, -0.2) is 0 Å². The zero-order valence-corrected chi connectivity index (χ0v) is 11.4. The molecular weight excluding hydrogens is 238 g/mol. The van der Waals surface area contributed by atoms with Crippen molar-refractivity contribution >= 4 is 11.6 Å². The summed E-state index contributed by atoms with van der Waals surface area (Å²) in [5, 5.41) is 3.02. The fourth-order valence-corrected chi connectivity index (χ4v) is 3.15. The molecule has 1 aromatic carbocycles. The molecule has 3 N–H and O–H groups in total. The minimum absolute atomic E-state index is 0.0251. The Labute approximate surface area is 114 Å². The van der Waals surface area contributed by atoms with Gasteiger partial charge < -0.3 is 16.0 Å². The molecule has 1 fully saturated rings. The maximum atomic E-state index is 11.6. The second-order valence-corrected chi connectivity index (χ2v) is 5.66. The molecule has 0 saturated carbocycles. The minimum atomic E-state index is -0.0289. The third kappa shape index (κ3) is 2.32. The smallest absolute Gasteiger partial charge is 0.220 e. The van der Waals surface area contributed by atoms with Gasteiger partial charge in [-0.1, -0.05) is 12.1 Å². The van der Waals surface area contributed by atoms with Crippen LogP contribution in [0.25, 0.3) is 0 Å². The maximum Gasteiger partial charge on any atom is 0.220 e. The van der Waals surface area contributed by atoms with Crippen molar-refractivity contribution in [2.45, 2.75) is 37.8 Å². The van der Waals surface area contributed by atoms with Gasteiger partial charge in [0.25, 0.3) is 0 Å². The molecule has 0 aromatic heterocycles. The quantitative estimate of drug-likeness (QED) is 0.800. The van der Waals surface area contributed by atoms with Crippen LogP contribution in [0.4, 0.5) is 5.69 Å². The Morgan fingerprint density at radius 1 is 1.37 bits per heavy atom. The van der Waals surface area contributed by atoms with Crippen LogP contribution in [0, 0.1) is 0 Å². The van der Waals surface area contributed by atoms with Gasteiger partial charge in [0.05, 0.1) is 6.04 Å². The molecule has 4 heteroatoms. The third-order valence-corrected chi connectivity index (χ3v) is 4.26. The number of nitrogens with zero attached hydrogens (tertiary/aromatic N) is 1. The number of hydrogen-bond acceptors (Lipinski definition) is 3. The van der Waals surface area contributed by atoms with E-state index in [-0.39, 0.29) is 18.0 Å². The highest BCUT2D eigenvalue weighted by Gasteiger charge is 2.28. The molecule has 0 spiro atoms. The lowest BCUT2D eigenvalue weighted by atomic mass is 9.90. The van der Waals surface area contributed by atoms with Crippen molar-refractivity contribution in [3.8, 4) is 0 Å². The molecule has 102 valence electrons. The molecule has 0 aliphatic carbocycles. The number of nitrogens with one attached hydrogen (secondary N) is 1. The lowest BCUT2D eigenvalue weighted by Gasteiger charge is -2.32. The number of benzene rings is 1. The first-order chi connectivity index (χ1) is 9.15. The van der Waals surface area contributed by atoms with E-state index in [1.54, 1.807) is 0 Å². The average molecular weight is 259 g/mol. The Kier molecular flexibility index (Phi) is 3.19. The highest BCUT2D eigenvalue weighted by Crippen LogP contribution is 2.31. The summed E-state index contributed by atoms with van der Waals surface area (Å²) in [7, 11) is 2.13.